The van der Waals surface area contributed by atoms with Crippen molar-refractivity contribution in [2.24, 2.45) is 0 Å². The molecule has 0 amide bonds. The lowest BCUT2D eigenvalue weighted by Gasteiger charge is -2.16. The third kappa shape index (κ3) is 2.75. The smallest absolute Gasteiger partial charge is 0.122 e. The van der Waals surface area contributed by atoms with Gasteiger partial charge in [0.25, 0.3) is 0 Å². The molecule has 4 nitrogen and oxygen atoms in total. The topological polar surface area (TPSA) is 33.1 Å². The second-order valence-corrected chi connectivity index (χ2v) is 5.63. The van der Waals surface area contributed by atoms with E-state index in [0.717, 1.165) is 19.1 Å². The maximum atomic E-state index is 4.45. The summed E-state index contributed by atoms with van der Waals surface area (Å²) < 4.78 is 2.26. The van der Waals surface area contributed by atoms with Crippen molar-refractivity contribution in [3.63, 3.8) is 0 Å². The van der Waals surface area contributed by atoms with Gasteiger partial charge in [0.2, 0.25) is 0 Å². The molecule has 2 heterocycles. The summed E-state index contributed by atoms with van der Waals surface area (Å²) in [6.07, 6.45) is 9.32. The van der Waals surface area contributed by atoms with Gasteiger partial charge in [-0.3, -0.25) is 4.90 Å². The van der Waals surface area contributed by atoms with E-state index in [1.165, 1.54) is 44.6 Å². The lowest BCUT2D eigenvalue weighted by Crippen LogP contribution is -2.33. The predicted molar refractivity (Wildman–Crippen MR) is 72.4 cm³/mol. The zero-order valence-corrected chi connectivity index (χ0v) is 11.3. The Labute approximate surface area is 109 Å². The summed E-state index contributed by atoms with van der Waals surface area (Å²) >= 11 is 0. The minimum atomic E-state index is 0.664. The normalized spacial score (nSPS) is 24.8. The van der Waals surface area contributed by atoms with Crippen molar-refractivity contribution in [3.05, 3.63) is 18.2 Å². The molecule has 1 N–H and O–H groups in total. The van der Waals surface area contributed by atoms with E-state index in [0.29, 0.717) is 6.04 Å². The van der Waals surface area contributed by atoms with Gasteiger partial charge in [0.1, 0.15) is 5.82 Å². The highest BCUT2D eigenvalue weighted by Gasteiger charge is 2.34. The van der Waals surface area contributed by atoms with Gasteiger partial charge in [0, 0.05) is 44.1 Å². The first-order chi connectivity index (χ1) is 8.86. The molecule has 1 unspecified atom stereocenters. The van der Waals surface area contributed by atoms with Gasteiger partial charge in [-0.2, -0.15) is 0 Å². The molecule has 3 rings (SSSR count). The highest BCUT2D eigenvalue weighted by atomic mass is 15.2. The third-order valence-corrected chi connectivity index (χ3v) is 4.10. The summed E-state index contributed by atoms with van der Waals surface area (Å²) in [5, 5.41) is 3.67. The quantitative estimate of drug-likeness (QED) is 0.830. The molecule has 1 aliphatic heterocycles. The Hall–Kier alpha value is -0.870. The van der Waals surface area contributed by atoms with E-state index in [1.807, 2.05) is 6.20 Å². The molecule has 0 bridgehead atoms. The van der Waals surface area contributed by atoms with E-state index in [4.69, 9.17) is 0 Å². The highest BCUT2D eigenvalue weighted by Crippen LogP contribution is 2.29. The molecule has 18 heavy (non-hydrogen) atoms. The van der Waals surface area contributed by atoms with Crippen molar-refractivity contribution in [1.29, 1.82) is 0 Å². The predicted octanol–water partition coefficient (Wildman–Crippen LogP) is 1.62. The van der Waals surface area contributed by atoms with Gasteiger partial charge < -0.3 is 9.88 Å². The molecule has 1 aromatic heterocycles. The molecule has 1 aliphatic carbocycles. The van der Waals surface area contributed by atoms with E-state index in [9.17, 15) is 0 Å². The third-order valence-electron chi connectivity index (χ3n) is 4.10. The summed E-state index contributed by atoms with van der Waals surface area (Å²) in [7, 11) is 0. The maximum Gasteiger partial charge on any atom is 0.122 e. The Bertz CT molecular complexity index is 383. The van der Waals surface area contributed by atoms with Crippen molar-refractivity contribution in [1.82, 2.24) is 19.8 Å². The first-order valence-corrected chi connectivity index (χ1v) is 7.34. The first kappa shape index (κ1) is 12.2. The Kier molecular flexibility index (Phi) is 3.66. The van der Waals surface area contributed by atoms with E-state index in [-0.39, 0.29) is 0 Å². The SMILES string of the molecule is CCCn1ccnc1CNC1CCN(C2CC2)C1. The van der Waals surface area contributed by atoms with E-state index in [2.05, 4.69) is 32.9 Å². The Morgan fingerprint density at radius 3 is 3.06 bits per heavy atom. The van der Waals surface area contributed by atoms with Crippen LogP contribution in [0, 0.1) is 0 Å². The fourth-order valence-corrected chi connectivity index (χ4v) is 2.91. The number of aryl methyl sites for hydroxylation is 1. The number of likely N-dealkylation sites (tertiary alicyclic amines) is 1. The van der Waals surface area contributed by atoms with Crippen LogP contribution in [0.25, 0.3) is 0 Å². The molecular formula is C14H24N4. The van der Waals surface area contributed by atoms with Crippen LogP contribution in [0.5, 0.6) is 0 Å². The fourth-order valence-electron chi connectivity index (χ4n) is 2.91. The van der Waals surface area contributed by atoms with E-state index < -0.39 is 0 Å². The average Bonchev–Trinajstić information content (AvgIpc) is 2.96. The van der Waals surface area contributed by atoms with Crippen LogP contribution in [0.2, 0.25) is 0 Å². The number of rotatable bonds is 6. The molecule has 1 aromatic rings. The standard InChI is InChI=1S/C14H24N4/c1-2-7-17-9-6-15-14(17)10-16-12-5-8-18(11-12)13-3-4-13/h6,9,12-13,16H,2-5,7-8,10-11H2,1H3. The summed E-state index contributed by atoms with van der Waals surface area (Å²) in [6.45, 7) is 6.72. The minimum absolute atomic E-state index is 0.664. The molecule has 2 fully saturated rings. The van der Waals surface area contributed by atoms with Crippen LogP contribution in [0.1, 0.15) is 38.4 Å². The molecular weight excluding hydrogens is 224 g/mol. The van der Waals surface area contributed by atoms with E-state index >= 15 is 0 Å². The second-order valence-electron chi connectivity index (χ2n) is 5.63. The Balaban J connectivity index is 1.47. The van der Waals surface area contributed by atoms with Crippen LogP contribution in [0.3, 0.4) is 0 Å². The van der Waals surface area contributed by atoms with Gasteiger partial charge in [0.15, 0.2) is 0 Å². The largest absolute Gasteiger partial charge is 0.334 e. The average molecular weight is 248 g/mol. The number of aromatic nitrogens is 2. The number of nitrogens with one attached hydrogen (secondary N) is 1. The summed E-state index contributed by atoms with van der Waals surface area (Å²) in [5.74, 6) is 1.18. The number of hydrogen-bond acceptors (Lipinski definition) is 3. The van der Waals surface area contributed by atoms with Gasteiger partial charge in [-0.1, -0.05) is 6.92 Å². The lowest BCUT2D eigenvalue weighted by molar-refractivity contribution is 0.316. The van der Waals surface area contributed by atoms with Crippen LogP contribution in [0.15, 0.2) is 12.4 Å². The molecule has 0 aromatic carbocycles. The summed E-state index contributed by atoms with van der Waals surface area (Å²) in [5.41, 5.74) is 0. The van der Waals surface area contributed by atoms with Crippen LogP contribution < -0.4 is 5.32 Å². The molecule has 1 saturated carbocycles. The van der Waals surface area contributed by atoms with Crippen LogP contribution in [-0.4, -0.2) is 39.6 Å². The van der Waals surface area contributed by atoms with Crippen molar-refractivity contribution in [2.45, 2.75) is 57.8 Å². The zero-order valence-electron chi connectivity index (χ0n) is 11.3. The first-order valence-electron chi connectivity index (χ1n) is 7.34. The van der Waals surface area contributed by atoms with Crippen LogP contribution in [0.4, 0.5) is 0 Å². The van der Waals surface area contributed by atoms with Gasteiger partial charge in [0.05, 0.1) is 6.54 Å². The van der Waals surface area contributed by atoms with Gasteiger partial charge in [-0.05, 0) is 25.7 Å². The van der Waals surface area contributed by atoms with Crippen molar-refractivity contribution in [2.75, 3.05) is 13.1 Å². The molecule has 100 valence electrons. The maximum absolute atomic E-state index is 4.45. The monoisotopic (exact) mass is 248 g/mol. The molecule has 4 heteroatoms. The van der Waals surface area contributed by atoms with Gasteiger partial charge in [-0.25, -0.2) is 4.98 Å². The Morgan fingerprint density at radius 1 is 1.39 bits per heavy atom. The molecule has 0 spiro atoms. The number of hydrogen-bond donors (Lipinski definition) is 1. The van der Waals surface area contributed by atoms with Crippen molar-refractivity contribution >= 4 is 0 Å². The van der Waals surface area contributed by atoms with Crippen LogP contribution in [-0.2, 0) is 13.1 Å². The molecule has 1 atom stereocenters. The zero-order chi connectivity index (χ0) is 12.4. The Morgan fingerprint density at radius 2 is 2.28 bits per heavy atom. The number of nitrogens with zero attached hydrogens (tertiary/aromatic N) is 3. The van der Waals surface area contributed by atoms with Crippen LogP contribution >= 0.6 is 0 Å². The second kappa shape index (κ2) is 5.41. The molecule has 2 aliphatic rings. The molecule has 1 saturated heterocycles. The summed E-state index contributed by atoms with van der Waals surface area (Å²) in [6, 6.07) is 1.58. The fraction of sp³-hybridized carbons (Fsp3) is 0.786. The van der Waals surface area contributed by atoms with E-state index in [1.54, 1.807) is 0 Å². The number of imidazole rings is 1. The summed E-state index contributed by atoms with van der Waals surface area (Å²) in [4.78, 5) is 7.10. The lowest BCUT2D eigenvalue weighted by atomic mass is 10.2. The van der Waals surface area contributed by atoms with Crippen molar-refractivity contribution < 1.29 is 0 Å². The highest BCUT2D eigenvalue weighted by molar-refractivity contribution is 4.95. The minimum Gasteiger partial charge on any atom is -0.334 e. The molecule has 0 radical (unpaired) electrons. The van der Waals surface area contributed by atoms with Gasteiger partial charge in [-0.15, -0.1) is 0 Å². The van der Waals surface area contributed by atoms with Gasteiger partial charge >= 0.3 is 0 Å². The van der Waals surface area contributed by atoms with Crippen molar-refractivity contribution in [3.8, 4) is 0 Å².